The molecule has 23 heavy (non-hydrogen) atoms. The fraction of sp³-hybridized carbons (Fsp3) is 0.700. The van der Waals surface area contributed by atoms with Crippen molar-refractivity contribution in [3.05, 3.63) is 30.3 Å². The van der Waals surface area contributed by atoms with Gasteiger partial charge in [-0.3, -0.25) is 0 Å². The second-order valence-corrected chi connectivity index (χ2v) is 6.56. The quantitative estimate of drug-likeness (QED) is 0.647. The van der Waals surface area contributed by atoms with Crippen LogP contribution in [0.2, 0.25) is 0 Å². The van der Waals surface area contributed by atoms with Gasteiger partial charge in [0, 0.05) is 6.04 Å². The third-order valence-electron chi connectivity index (χ3n) is 4.63. The SMILES string of the molecule is CCC(CC)N(C)C.Cl.c1ccc(OCC2CCCCC2)cc1. The first-order chi connectivity index (χ1) is 10.7. The fourth-order valence-electron chi connectivity index (χ4n) is 3.10. The molecule has 0 aromatic heterocycles. The second kappa shape index (κ2) is 13.7. The van der Waals surface area contributed by atoms with Gasteiger partial charge in [0.15, 0.2) is 0 Å². The Morgan fingerprint density at radius 2 is 1.57 bits per heavy atom. The first kappa shape index (κ1) is 22.3. The van der Waals surface area contributed by atoms with Gasteiger partial charge in [-0.1, -0.05) is 51.3 Å². The molecule has 0 aliphatic heterocycles. The Kier molecular flexibility index (Phi) is 13.3. The summed E-state index contributed by atoms with van der Waals surface area (Å²) in [5.74, 6) is 1.81. The zero-order chi connectivity index (χ0) is 16.2. The van der Waals surface area contributed by atoms with E-state index in [1.807, 2.05) is 30.3 Å². The molecule has 3 heteroatoms. The molecule has 0 amide bonds. The predicted octanol–water partition coefficient (Wildman–Crippen LogP) is 5.80. The summed E-state index contributed by atoms with van der Waals surface area (Å²) in [6.07, 6.45) is 9.44. The van der Waals surface area contributed by atoms with Crippen LogP contribution in [0.3, 0.4) is 0 Å². The summed E-state index contributed by atoms with van der Waals surface area (Å²) in [5, 5.41) is 0. The lowest BCUT2D eigenvalue weighted by Crippen LogP contribution is -2.25. The van der Waals surface area contributed by atoms with E-state index in [1.165, 1.54) is 44.9 Å². The summed E-state index contributed by atoms with van der Waals surface area (Å²) in [4.78, 5) is 2.28. The Bertz CT molecular complexity index is 359. The van der Waals surface area contributed by atoms with E-state index in [1.54, 1.807) is 0 Å². The van der Waals surface area contributed by atoms with Gasteiger partial charge >= 0.3 is 0 Å². The van der Waals surface area contributed by atoms with Crippen molar-refractivity contribution >= 4 is 12.4 Å². The maximum absolute atomic E-state index is 5.75. The number of hydrogen-bond donors (Lipinski definition) is 0. The molecule has 1 aromatic carbocycles. The third kappa shape index (κ3) is 9.88. The first-order valence-corrected chi connectivity index (χ1v) is 9.01. The van der Waals surface area contributed by atoms with Crippen molar-refractivity contribution in [1.82, 2.24) is 4.90 Å². The van der Waals surface area contributed by atoms with E-state index in [2.05, 4.69) is 32.8 Å². The number of hydrogen-bond acceptors (Lipinski definition) is 2. The van der Waals surface area contributed by atoms with Gasteiger partial charge in [0.2, 0.25) is 0 Å². The summed E-state index contributed by atoms with van der Waals surface area (Å²) < 4.78 is 5.75. The van der Waals surface area contributed by atoms with Crippen LogP contribution < -0.4 is 4.74 Å². The summed E-state index contributed by atoms with van der Waals surface area (Å²) in [5.41, 5.74) is 0. The Morgan fingerprint density at radius 3 is 2.00 bits per heavy atom. The molecule has 134 valence electrons. The maximum Gasteiger partial charge on any atom is 0.119 e. The minimum atomic E-state index is 0. The molecule has 1 aliphatic rings. The van der Waals surface area contributed by atoms with Crippen LogP contribution >= 0.6 is 12.4 Å². The Morgan fingerprint density at radius 1 is 1.00 bits per heavy atom. The van der Waals surface area contributed by atoms with Gasteiger partial charge in [0.05, 0.1) is 6.61 Å². The summed E-state index contributed by atoms with van der Waals surface area (Å²) in [7, 11) is 4.27. The van der Waals surface area contributed by atoms with Crippen LogP contribution in [0.5, 0.6) is 5.75 Å². The lowest BCUT2D eigenvalue weighted by atomic mass is 9.90. The van der Waals surface area contributed by atoms with Gasteiger partial charge in [-0.15, -0.1) is 12.4 Å². The van der Waals surface area contributed by atoms with E-state index in [4.69, 9.17) is 4.74 Å². The van der Waals surface area contributed by atoms with Crippen molar-refractivity contribution in [3.8, 4) is 5.75 Å². The van der Waals surface area contributed by atoms with Gasteiger partial charge in [-0.25, -0.2) is 0 Å². The predicted molar refractivity (Wildman–Crippen MR) is 104 cm³/mol. The van der Waals surface area contributed by atoms with Crippen LogP contribution in [0.15, 0.2) is 30.3 Å². The van der Waals surface area contributed by atoms with Crippen LogP contribution in [0.1, 0.15) is 58.8 Å². The van der Waals surface area contributed by atoms with Crippen LogP contribution in [0, 0.1) is 5.92 Å². The minimum Gasteiger partial charge on any atom is -0.493 e. The number of rotatable bonds is 6. The molecule has 0 atom stereocenters. The molecule has 0 saturated heterocycles. The van der Waals surface area contributed by atoms with Gasteiger partial charge in [-0.2, -0.15) is 0 Å². The Balaban J connectivity index is 0.000000469. The number of nitrogens with zero attached hydrogens (tertiary/aromatic N) is 1. The summed E-state index contributed by atoms with van der Waals surface area (Å²) >= 11 is 0. The average Bonchev–Trinajstić information content (AvgIpc) is 2.56. The molecule has 0 heterocycles. The van der Waals surface area contributed by atoms with Gasteiger partial charge in [0.1, 0.15) is 5.75 Å². The molecule has 1 aromatic rings. The first-order valence-electron chi connectivity index (χ1n) is 9.01. The summed E-state index contributed by atoms with van der Waals surface area (Å²) in [6, 6.07) is 10.9. The maximum atomic E-state index is 5.75. The largest absolute Gasteiger partial charge is 0.493 e. The Labute approximate surface area is 150 Å². The van der Waals surface area contributed by atoms with E-state index >= 15 is 0 Å². The van der Waals surface area contributed by atoms with Crippen LogP contribution in [-0.4, -0.2) is 31.6 Å². The van der Waals surface area contributed by atoms with Crippen LogP contribution in [0.4, 0.5) is 0 Å². The molecule has 2 nitrogen and oxygen atoms in total. The van der Waals surface area contributed by atoms with E-state index in [0.717, 1.165) is 24.3 Å². The molecule has 0 unspecified atom stereocenters. The van der Waals surface area contributed by atoms with Crippen LogP contribution in [-0.2, 0) is 0 Å². The summed E-state index contributed by atoms with van der Waals surface area (Å²) in [6.45, 7) is 5.37. The van der Waals surface area contributed by atoms with Crippen molar-refractivity contribution < 1.29 is 4.74 Å². The number of ether oxygens (including phenoxy) is 1. The third-order valence-corrected chi connectivity index (χ3v) is 4.63. The monoisotopic (exact) mass is 341 g/mol. The van der Waals surface area contributed by atoms with E-state index in [0.29, 0.717) is 0 Å². The van der Waals surface area contributed by atoms with E-state index < -0.39 is 0 Å². The molecule has 1 fully saturated rings. The molecule has 1 aliphatic carbocycles. The van der Waals surface area contributed by atoms with E-state index in [-0.39, 0.29) is 12.4 Å². The Hall–Kier alpha value is -0.730. The lowest BCUT2D eigenvalue weighted by molar-refractivity contribution is 0.209. The van der Waals surface area contributed by atoms with Gasteiger partial charge in [-0.05, 0) is 57.8 Å². The highest BCUT2D eigenvalue weighted by atomic mass is 35.5. The van der Waals surface area contributed by atoms with Gasteiger partial charge in [0.25, 0.3) is 0 Å². The zero-order valence-electron chi connectivity index (χ0n) is 15.5. The molecular formula is C20H36ClNO. The van der Waals surface area contributed by atoms with Crippen molar-refractivity contribution in [3.63, 3.8) is 0 Å². The average molecular weight is 342 g/mol. The highest BCUT2D eigenvalue weighted by molar-refractivity contribution is 5.85. The second-order valence-electron chi connectivity index (χ2n) is 6.56. The van der Waals surface area contributed by atoms with E-state index in [9.17, 15) is 0 Å². The molecular weight excluding hydrogens is 306 g/mol. The molecule has 2 rings (SSSR count). The van der Waals surface area contributed by atoms with Crippen molar-refractivity contribution in [1.29, 1.82) is 0 Å². The number of para-hydroxylation sites is 1. The molecule has 0 radical (unpaired) electrons. The molecule has 0 bridgehead atoms. The lowest BCUT2D eigenvalue weighted by Gasteiger charge is -2.21. The molecule has 0 N–H and O–H groups in total. The van der Waals surface area contributed by atoms with Crippen molar-refractivity contribution in [2.75, 3.05) is 20.7 Å². The molecule has 1 saturated carbocycles. The van der Waals surface area contributed by atoms with Crippen molar-refractivity contribution in [2.45, 2.75) is 64.8 Å². The minimum absolute atomic E-state index is 0. The smallest absolute Gasteiger partial charge is 0.119 e. The van der Waals surface area contributed by atoms with Crippen molar-refractivity contribution in [2.24, 2.45) is 5.92 Å². The normalized spacial score (nSPS) is 14.9. The number of halogens is 1. The highest BCUT2D eigenvalue weighted by Crippen LogP contribution is 2.24. The molecule has 0 spiro atoms. The number of benzene rings is 1. The zero-order valence-corrected chi connectivity index (χ0v) is 16.3. The fourth-order valence-corrected chi connectivity index (χ4v) is 3.10. The standard InChI is InChI=1S/C13H18O.C7H17N.ClH/c1-3-7-12(8-4-1)11-14-13-9-5-2-6-10-13;1-5-7(6-2)8(3)4;/h2,5-6,9-10,12H,1,3-4,7-8,11H2;7H,5-6H2,1-4H3;1H. The van der Waals surface area contributed by atoms with Crippen LogP contribution in [0.25, 0.3) is 0 Å². The topological polar surface area (TPSA) is 12.5 Å². The highest BCUT2D eigenvalue weighted by Gasteiger charge is 2.13. The van der Waals surface area contributed by atoms with Gasteiger partial charge < -0.3 is 9.64 Å².